The van der Waals surface area contributed by atoms with Crippen LogP contribution < -0.4 is 0 Å². The number of rotatable bonds is 3. The first kappa shape index (κ1) is 10.4. The molecule has 0 amide bonds. The van der Waals surface area contributed by atoms with E-state index < -0.39 is 5.82 Å². The Bertz CT molecular complexity index is 499. The van der Waals surface area contributed by atoms with Crippen LogP contribution in [-0.2, 0) is 6.42 Å². The van der Waals surface area contributed by atoms with Gasteiger partial charge in [0.25, 0.3) is 0 Å². The lowest BCUT2D eigenvalue weighted by Gasteiger charge is -2.01. The van der Waals surface area contributed by atoms with Crippen molar-refractivity contribution < 1.29 is 9.18 Å². The molecule has 0 saturated carbocycles. The lowest BCUT2D eigenvalue weighted by molar-refractivity contribution is 0.0984. The molecule has 0 fully saturated rings. The highest BCUT2D eigenvalue weighted by Crippen LogP contribution is 2.08. The number of pyridine rings is 2. The summed E-state index contributed by atoms with van der Waals surface area (Å²) in [4.78, 5) is 19.3. The van der Waals surface area contributed by atoms with Crippen molar-refractivity contribution in [2.45, 2.75) is 6.42 Å². The maximum Gasteiger partial charge on any atom is 0.188 e. The Balaban J connectivity index is 2.19. The minimum absolute atomic E-state index is 0.112. The van der Waals surface area contributed by atoms with E-state index in [9.17, 15) is 9.18 Å². The topological polar surface area (TPSA) is 42.9 Å². The third kappa shape index (κ3) is 2.28. The summed E-state index contributed by atoms with van der Waals surface area (Å²) < 4.78 is 13.2. The first-order valence-electron chi connectivity index (χ1n) is 4.80. The molecule has 2 rings (SSSR count). The van der Waals surface area contributed by atoms with Gasteiger partial charge < -0.3 is 0 Å². The van der Waals surface area contributed by atoms with Crippen LogP contribution in [0.5, 0.6) is 0 Å². The summed E-state index contributed by atoms with van der Waals surface area (Å²) in [6, 6.07) is 6.13. The monoisotopic (exact) mass is 216 g/mol. The number of Topliss-reactive ketones (excluding diaryl/α,β-unsaturated/α-hetero) is 1. The van der Waals surface area contributed by atoms with Crippen molar-refractivity contribution in [3.63, 3.8) is 0 Å². The second-order valence-corrected chi connectivity index (χ2v) is 3.29. The summed E-state index contributed by atoms with van der Waals surface area (Å²) in [6.45, 7) is 0. The molecule has 0 radical (unpaired) electrons. The minimum atomic E-state index is -0.582. The SMILES string of the molecule is O=C(Cc1ccncc1)c1ncccc1F. The van der Waals surface area contributed by atoms with E-state index in [-0.39, 0.29) is 17.9 Å². The fraction of sp³-hybridized carbons (Fsp3) is 0.0833. The zero-order valence-electron chi connectivity index (χ0n) is 8.43. The van der Waals surface area contributed by atoms with Crippen LogP contribution in [0.1, 0.15) is 16.1 Å². The molecule has 0 N–H and O–H groups in total. The third-order valence-corrected chi connectivity index (χ3v) is 2.14. The molecule has 2 aromatic rings. The fourth-order valence-electron chi connectivity index (χ4n) is 1.36. The smallest absolute Gasteiger partial charge is 0.188 e. The molecule has 0 atom stereocenters. The standard InChI is InChI=1S/C12H9FN2O/c13-10-2-1-5-15-12(10)11(16)8-9-3-6-14-7-4-9/h1-7H,8H2. The van der Waals surface area contributed by atoms with Gasteiger partial charge in [-0.1, -0.05) is 0 Å². The maximum atomic E-state index is 13.2. The molecule has 4 heteroatoms. The molecular weight excluding hydrogens is 207 g/mol. The molecule has 0 aliphatic carbocycles. The molecule has 3 nitrogen and oxygen atoms in total. The van der Waals surface area contributed by atoms with Gasteiger partial charge in [-0.05, 0) is 29.8 Å². The molecule has 2 heterocycles. The van der Waals surface area contributed by atoms with Gasteiger partial charge in [0.15, 0.2) is 11.6 Å². The Kier molecular flexibility index (Phi) is 3.00. The van der Waals surface area contributed by atoms with Crippen molar-refractivity contribution in [2.75, 3.05) is 0 Å². The molecule has 0 aromatic carbocycles. The summed E-state index contributed by atoms with van der Waals surface area (Å²) in [7, 11) is 0. The fourth-order valence-corrected chi connectivity index (χ4v) is 1.36. The summed E-state index contributed by atoms with van der Waals surface area (Å²) in [5.41, 5.74) is 0.685. The molecule has 0 aliphatic heterocycles. The second kappa shape index (κ2) is 4.61. The quantitative estimate of drug-likeness (QED) is 0.737. The van der Waals surface area contributed by atoms with Crippen molar-refractivity contribution in [3.8, 4) is 0 Å². The van der Waals surface area contributed by atoms with E-state index >= 15 is 0 Å². The van der Waals surface area contributed by atoms with Crippen molar-refractivity contribution >= 4 is 5.78 Å². The van der Waals surface area contributed by atoms with E-state index in [4.69, 9.17) is 0 Å². The van der Waals surface area contributed by atoms with E-state index in [2.05, 4.69) is 9.97 Å². The van der Waals surface area contributed by atoms with Gasteiger partial charge in [0.05, 0.1) is 0 Å². The molecule has 0 aliphatic rings. The van der Waals surface area contributed by atoms with Crippen LogP contribution in [0.2, 0.25) is 0 Å². The highest BCUT2D eigenvalue weighted by Gasteiger charge is 2.12. The average molecular weight is 216 g/mol. The average Bonchev–Trinajstić information content (AvgIpc) is 2.31. The van der Waals surface area contributed by atoms with Gasteiger partial charge in [0.1, 0.15) is 5.69 Å². The van der Waals surface area contributed by atoms with Gasteiger partial charge in [-0.15, -0.1) is 0 Å². The number of hydrogen-bond donors (Lipinski definition) is 0. The first-order chi connectivity index (χ1) is 7.77. The van der Waals surface area contributed by atoms with E-state index in [0.29, 0.717) is 0 Å². The normalized spacial score (nSPS) is 10.1. The van der Waals surface area contributed by atoms with E-state index in [1.54, 1.807) is 24.5 Å². The minimum Gasteiger partial charge on any atom is -0.292 e. The zero-order chi connectivity index (χ0) is 11.4. The number of carbonyl (C=O) groups is 1. The van der Waals surface area contributed by atoms with E-state index in [1.807, 2.05) is 0 Å². The second-order valence-electron chi connectivity index (χ2n) is 3.29. The predicted octanol–water partition coefficient (Wildman–Crippen LogP) is 2.04. The Hall–Kier alpha value is -2.10. The van der Waals surface area contributed by atoms with E-state index in [0.717, 1.165) is 5.56 Å². The van der Waals surface area contributed by atoms with Gasteiger partial charge in [-0.2, -0.15) is 0 Å². The van der Waals surface area contributed by atoms with Crippen LogP contribution in [0.15, 0.2) is 42.9 Å². The Labute approximate surface area is 92.0 Å². The van der Waals surface area contributed by atoms with Crippen LogP contribution in [0.25, 0.3) is 0 Å². The number of hydrogen-bond acceptors (Lipinski definition) is 3. The summed E-state index contributed by atoms with van der Waals surface area (Å²) >= 11 is 0. The number of halogens is 1. The summed E-state index contributed by atoms with van der Waals surface area (Å²) in [5, 5.41) is 0. The zero-order valence-corrected chi connectivity index (χ0v) is 8.43. The molecule has 0 saturated heterocycles. The molecule has 2 aromatic heterocycles. The highest BCUT2D eigenvalue weighted by atomic mass is 19.1. The van der Waals surface area contributed by atoms with Crippen LogP contribution in [0.3, 0.4) is 0 Å². The van der Waals surface area contributed by atoms with E-state index in [1.165, 1.54) is 18.3 Å². The third-order valence-electron chi connectivity index (χ3n) is 2.14. The maximum absolute atomic E-state index is 13.2. The largest absolute Gasteiger partial charge is 0.292 e. The van der Waals surface area contributed by atoms with Crippen molar-refractivity contribution in [1.82, 2.24) is 9.97 Å². The predicted molar refractivity (Wildman–Crippen MR) is 56.5 cm³/mol. The highest BCUT2D eigenvalue weighted by molar-refractivity contribution is 5.95. The van der Waals surface area contributed by atoms with Gasteiger partial charge in [-0.3, -0.25) is 14.8 Å². The van der Waals surface area contributed by atoms with Crippen LogP contribution in [0.4, 0.5) is 4.39 Å². The molecule has 0 spiro atoms. The van der Waals surface area contributed by atoms with Gasteiger partial charge >= 0.3 is 0 Å². The molecule has 0 bridgehead atoms. The Morgan fingerprint density at radius 2 is 1.94 bits per heavy atom. The molecular formula is C12H9FN2O. The van der Waals surface area contributed by atoms with Crippen molar-refractivity contribution in [3.05, 3.63) is 59.9 Å². The van der Waals surface area contributed by atoms with Crippen molar-refractivity contribution in [1.29, 1.82) is 0 Å². The van der Waals surface area contributed by atoms with Crippen molar-refractivity contribution in [2.24, 2.45) is 0 Å². The lowest BCUT2D eigenvalue weighted by Crippen LogP contribution is -2.08. The Morgan fingerprint density at radius 1 is 1.19 bits per heavy atom. The number of ketones is 1. The molecule has 80 valence electrons. The van der Waals surface area contributed by atoms with Crippen LogP contribution in [-0.4, -0.2) is 15.8 Å². The molecule has 16 heavy (non-hydrogen) atoms. The van der Waals surface area contributed by atoms with Crippen LogP contribution in [0, 0.1) is 5.82 Å². The van der Waals surface area contributed by atoms with Gasteiger partial charge in [-0.25, -0.2) is 4.39 Å². The number of carbonyl (C=O) groups excluding carboxylic acids is 1. The summed E-state index contributed by atoms with van der Waals surface area (Å²) in [5.74, 6) is -0.911. The first-order valence-corrected chi connectivity index (χ1v) is 4.80. The van der Waals surface area contributed by atoms with Gasteiger partial charge in [0.2, 0.25) is 0 Å². The Morgan fingerprint density at radius 3 is 2.62 bits per heavy atom. The number of aromatic nitrogens is 2. The van der Waals surface area contributed by atoms with Crippen LogP contribution >= 0.6 is 0 Å². The lowest BCUT2D eigenvalue weighted by atomic mass is 10.1. The van der Waals surface area contributed by atoms with Gasteiger partial charge in [0, 0.05) is 25.0 Å². The number of nitrogens with zero attached hydrogens (tertiary/aromatic N) is 2. The summed E-state index contributed by atoms with van der Waals surface area (Å²) in [6.07, 6.45) is 4.73. The molecule has 0 unspecified atom stereocenters.